The third kappa shape index (κ3) is 2.63. The van der Waals surface area contributed by atoms with E-state index in [2.05, 4.69) is 22.9 Å². The van der Waals surface area contributed by atoms with Crippen molar-refractivity contribution in [1.29, 1.82) is 0 Å². The van der Waals surface area contributed by atoms with Crippen LogP contribution in [0, 0.1) is 23.6 Å². The van der Waals surface area contributed by atoms with Crippen molar-refractivity contribution in [3.63, 3.8) is 0 Å². The lowest BCUT2D eigenvalue weighted by atomic mass is 10.00. The van der Waals surface area contributed by atoms with E-state index in [4.69, 9.17) is 0 Å². The Bertz CT molecular complexity index is 560. The molecule has 2 atom stereocenters. The van der Waals surface area contributed by atoms with Gasteiger partial charge in [-0.15, -0.1) is 0 Å². The zero-order valence-electron chi connectivity index (χ0n) is 11.8. The molecule has 1 saturated heterocycles. The molecular weight excluding hydrogens is 337 g/mol. The summed E-state index contributed by atoms with van der Waals surface area (Å²) in [5, 5.41) is 0. The van der Waals surface area contributed by atoms with E-state index >= 15 is 0 Å². The molecule has 0 radical (unpaired) electrons. The molecule has 112 valence electrons. The Morgan fingerprint density at radius 1 is 1.19 bits per heavy atom. The molecule has 3 rings (SSSR count). The van der Waals surface area contributed by atoms with Crippen LogP contribution in [0.3, 0.4) is 0 Å². The number of halogens is 2. The van der Waals surface area contributed by atoms with Gasteiger partial charge in [0.05, 0.1) is 18.4 Å². The molecule has 2 amide bonds. The maximum atomic E-state index is 13.4. The van der Waals surface area contributed by atoms with Gasteiger partial charge < -0.3 is 0 Å². The van der Waals surface area contributed by atoms with E-state index in [1.54, 1.807) is 6.07 Å². The molecule has 1 aliphatic carbocycles. The highest BCUT2D eigenvalue weighted by atomic mass is 79.9. The second kappa shape index (κ2) is 5.52. The van der Waals surface area contributed by atoms with E-state index < -0.39 is 0 Å². The normalized spacial score (nSPS) is 28.3. The first-order valence-corrected chi connectivity index (χ1v) is 8.09. The molecule has 1 aliphatic heterocycles. The SMILES string of the molecule is CCC1CC2C(=O)N(Cc3cc(F)cc(Br)c3)C(=O)C2C1. The van der Waals surface area contributed by atoms with Crippen LogP contribution in [0.1, 0.15) is 31.7 Å². The van der Waals surface area contributed by atoms with E-state index in [0.29, 0.717) is 16.0 Å². The van der Waals surface area contributed by atoms with E-state index in [0.717, 1.165) is 19.3 Å². The number of carbonyl (C=O) groups excluding carboxylic acids is 2. The van der Waals surface area contributed by atoms with Gasteiger partial charge in [0.2, 0.25) is 11.8 Å². The smallest absolute Gasteiger partial charge is 0.233 e. The van der Waals surface area contributed by atoms with Crippen molar-refractivity contribution in [2.45, 2.75) is 32.7 Å². The fraction of sp³-hybridized carbons (Fsp3) is 0.500. The Kier molecular flexibility index (Phi) is 3.86. The number of nitrogens with zero attached hydrogens (tertiary/aromatic N) is 1. The van der Waals surface area contributed by atoms with E-state index in [1.807, 2.05) is 0 Å². The number of benzene rings is 1. The second-order valence-corrected chi connectivity index (χ2v) is 6.91. The summed E-state index contributed by atoms with van der Waals surface area (Å²) in [4.78, 5) is 26.2. The van der Waals surface area contributed by atoms with Crippen LogP contribution in [0.15, 0.2) is 22.7 Å². The summed E-state index contributed by atoms with van der Waals surface area (Å²) in [6, 6.07) is 4.47. The summed E-state index contributed by atoms with van der Waals surface area (Å²) in [5.41, 5.74) is 0.635. The highest BCUT2D eigenvalue weighted by molar-refractivity contribution is 9.10. The summed E-state index contributed by atoms with van der Waals surface area (Å²) in [6.45, 7) is 2.26. The summed E-state index contributed by atoms with van der Waals surface area (Å²) in [6.07, 6.45) is 2.65. The zero-order valence-corrected chi connectivity index (χ0v) is 13.4. The number of imide groups is 1. The molecule has 1 aromatic carbocycles. The number of rotatable bonds is 3. The lowest BCUT2D eigenvalue weighted by Crippen LogP contribution is -2.31. The monoisotopic (exact) mass is 353 g/mol. The minimum absolute atomic E-state index is 0.0821. The van der Waals surface area contributed by atoms with Gasteiger partial charge in [-0.05, 0) is 42.5 Å². The molecule has 2 fully saturated rings. The van der Waals surface area contributed by atoms with Crippen molar-refractivity contribution in [2.24, 2.45) is 17.8 Å². The van der Waals surface area contributed by atoms with Crippen LogP contribution in [0.25, 0.3) is 0 Å². The van der Waals surface area contributed by atoms with Crippen LogP contribution in [0.2, 0.25) is 0 Å². The number of likely N-dealkylation sites (tertiary alicyclic amines) is 1. The average molecular weight is 354 g/mol. The molecule has 0 aromatic heterocycles. The van der Waals surface area contributed by atoms with Crippen LogP contribution < -0.4 is 0 Å². The fourth-order valence-corrected chi connectivity index (χ4v) is 4.08. The molecular formula is C16H17BrFNO2. The number of fused-ring (bicyclic) bond motifs is 1. The Hall–Kier alpha value is -1.23. The van der Waals surface area contributed by atoms with Gasteiger partial charge in [-0.2, -0.15) is 0 Å². The Balaban J connectivity index is 1.79. The number of carbonyl (C=O) groups is 2. The Labute approximate surface area is 131 Å². The van der Waals surface area contributed by atoms with E-state index in [-0.39, 0.29) is 36.0 Å². The van der Waals surface area contributed by atoms with Gasteiger partial charge in [-0.3, -0.25) is 14.5 Å². The van der Waals surface area contributed by atoms with Gasteiger partial charge in [-0.1, -0.05) is 29.3 Å². The van der Waals surface area contributed by atoms with Gasteiger partial charge in [0, 0.05) is 4.47 Å². The standard InChI is InChI=1S/C16H17BrFNO2/c1-2-9-5-13-14(6-9)16(21)19(15(13)20)8-10-3-11(17)7-12(18)4-10/h3-4,7,9,13-14H,2,5-6,8H2,1H3. The highest BCUT2D eigenvalue weighted by Gasteiger charge is 2.51. The minimum Gasteiger partial charge on any atom is -0.278 e. The van der Waals surface area contributed by atoms with Gasteiger partial charge >= 0.3 is 0 Å². The van der Waals surface area contributed by atoms with Crippen molar-refractivity contribution < 1.29 is 14.0 Å². The summed E-state index contributed by atoms with van der Waals surface area (Å²) in [5.74, 6) is -0.357. The Morgan fingerprint density at radius 3 is 2.33 bits per heavy atom. The van der Waals surface area contributed by atoms with Crippen molar-refractivity contribution in [2.75, 3.05) is 0 Å². The zero-order chi connectivity index (χ0) is 15.1. The van der Waals surface area contributed by atoms with E-state index in [9.17, 15) is 14.0 Å². The molecule has 0 bridgehead atoms. The Morgan fingerprint density at radius 2 is 1.81 bits per heavy atom. The molecule has 2 unspecified atom stereocenters. The fourth-order valence-electron chi connectivity index (χ4n) is 3.57. The van der Waals surface area contributed by atoms with Crippen LogP contribution >= 0.6 is 15.9 Å². The molecule has 1 saturated carbocycles. The highest BCUT2D eigenvalue weighted by Crippen LogP contribution is 2.44. The summed E-state index contributed by atoms with van der Waals surface area (Å²) in [7, 11) is 0. The first-order chi connectivity index (χ1) is 9.99. The van der Waals surface area contributed by atoms with Gasteiger partial charge in [0.25, 0.3) is 0 Å². The number of hydrogen-bond donors (Lipinski definition) is 0. The van der Waals surface area contributed by atoms with Crippen LogP contribution in [-0.4, -0.2) is 16.7 Å². The van der Waals surface area contributed by atoms with Crippen molar-refractivity contribution in [3.8, 4) is 0 Å². The quantitative estimate of drug-likeness (QED) is 0.779. The van der Waals surface area contributed by atoms with Gasteiger partial charge in [0.15, 0.2) is 0 Å². The lowest BCUT2D eigenvalue weighted by molar-refractivity contribution is -0.141. The summed E-state index contributed by atoms with van der Waals surface area (Å²) < 4.78 is 14.0. The molecule has 21 heavy (non-hydrogen) atoms. The predicted octanol–water partition coefficient (Wildman–Crippen LogP) is 3.51. The van der Waals surface area contributed by atoms with Crippen LogP contribution in [0.5, 0.6) is 0 Å². The van der Waals surface area contributed by atoms with Crippen molar-refractivity contribution >= 4 is 27.7 Å². The molecule has 2 aliphatic rings. The van der Waals surface area contributed by atoms with Crippen molar-refractivity contribution in [1.82, 2.24) is 4.90 Å². The molecule has 0 spiro atoms. The summed E-state index contributed by atoms with van der Waals surface area (Å²) >= 11 is 3.23. The molecule has 5 heteroatoms. The predicted molar refractivity (Wildman–Crippen MR) is 79.7 cm³/mol. The van der Waals surface area contributed by atoms with E-state index in [1.165, 1.54) is 17.0 Å². The second-order valence-electron chi connectivity index (χ2n) is 6.00. The molecule has 1 heterocycles. The topological polar surface area (TPSA) is 37.4 Å². The molecule has 1 aromatic rings. The first-order valence-electron chi connectivity index (χ1n) is 7.29. The minimum atomic E-state index is -0.371. The third-order valence-corrected chi connectivity index (χ3v) is 5.12. The van der Waals surface area contributed by atoms with Gasteiger partial charge in [-0.25, -0.2) is 4.39 Å². The van der Waals surface area contributed by atoms with Crippen LogP contribution in [0.4, 0.5) is 4.39 Å². The average Bonchev–Trinajstić information content (AvgIpc) is 2.93. The molecule has 3 nitrogen and oxygen atoms in total. The first kappa shape index (κ1) is 14.7. The van der Waals surface area contributed by atoms with Gasteiger partial charge in [0.1, 0.15) is 5.82 Å². The number of amides is 2. The number of hydrogen-bond acceptors (Lipinski definition) is 2. The van der Waals surface area contributed by atoms with Crippen LogP contribution in [-0.2, 0) is 16.1 Å². The maximum Gasteiger partial charge on any atom is 0.233 e. The largest absolute Gasteiger partial charge is 0.278 e. The third-order valence-electron chi connectivity index (χ3n) is 4.67. The molecule has 0 N–H and O–H groups in total. The lowest BCUT2D eigenvalue weighted by Gasteiger charge is -2.17. The maximum absolute atomic E-state index is 13.4. The van der Waals surface area contributed by atoms with Crippen molar-refractivity contribution in [3.05, 3.63) is 34.1 Å².